The summed E-state index contributed by atoms with van der Waals surface area (Å²) in [4.78, 5) is 23.6. The zero-order valence-electron chi connectivity index (χ0n) is 12.8. The van der Waals surface area contributed by atoms with Crippen molar-refractivity contribution < 1.29 is 19.4 Å². The second-order valence-corrected chi connectivity index (χ2v) is 6.76. The van der Waals surface area contributed by atoms with Gasteiger partial charge in [-0.15, -0.1) is 0 Å². The average molecular weight is 348 g/mol. The van der Waals surface area contributed by atoms with Crippen molar-refractivity contribution in [3.05, 3.63) is 33.8 Å². The van der Waals surface area contributed by atoms with Crippen LogP contribution < -0.4 is 5.32 Å². The summed E-state index contributed by atoms with van der Waals surface area (Å²) in [5, 5.41) is 12.3. The van der Waals surface area contributed by atoms with Gasteiger partial charge in [0, 0.05) is 15.6 Å². The van der Waals surface area contributed by atoms with Gasteiger partial charge in [0.1, 0.15) is 0 Å². The lowest BCUT2D eigenvalue weighted by Gasteiger charge is -2.29. The van der Waals surface area contributed by atoms with Crippen LogP contribution in [-0.2, 0) is 9.53 Å². The van der Waals surface area contributed by atoms with Gasteiger partial charge in [0.15, 0.2) is 6.04 Å². The Morgan fingerprint density at radius 2 is 1.68 bits per heavy atom. The number of halogens is 2. The molecule has 1 aromatic rings. The SMILES string of the molecule is CC(OC(C)(C)C)C(NC(=O)c1cc(Cl)cc(Cl)c1)C(=O)O. The number of carboxylic acid groups (broad SMARTS) is 1. The average Bonchev–Trinajstić information content (AvgIpc) is 2.31. The minimum Gasteiger partial charge on any atom is -0.480 e. The quantitative estimate of drug-likeness (QED) is 0.855. The second-order valence-electron chi connectivity index (χ2n) is 5.88. The van der Waals surface area contributed by atoms with E-state index in [1.165, 1.54) is 18.2 Å². The van der Waals surface area contributed by atoms with Gasteiger partial charge >= 0.3 is 5.97 Å². The number of carbonyl (C=O) groups excluding carboxylic acids is 1. The van der Waals surface area contributed by atoms with Crippen molar-refractivity contribution in [3.63, 3.8) is 0 Å². The summed E-state index contributed by atoms with van der Waals surface area (Å²) in [6.07, 6.45) is -0.712. The van der Waals surface area contributed by atoms with Gasteiger partial charge in [-0.3, -0.25) is 4.79 Å². The summed E-state index contributed by atoms with van der Waals surface area (Å²) in [6.45, 7) is 7.01. The van der Waals surface area contributed by atoms with E-state index in [0.29, 0.717) is 10.0 Å². The lowest BCUT2D eigenvalue weighted by Crippen LogP contribution is -2.50. The Labute approximate surface area is 139 Å². The number of aliphatic carboxylic acids is 1. The third-order valence-electron chi connectivity index (χ3n) is 2.69. The summed E-state index contributed by atoms with van der Waals surface area (Å²) in [5.41, 5.74) is -0.344. The maximum Gasteiger partial charge on any atom is 0.328 e. The van der Waals surface area contributed by atoms with Crippen molar-refractivity contribution in [3.8, 4) is 0 Å². The van der Waals surface area contributed by atoms with E-state index >= 15 is 0 Å². The Hall–Kier alpha value is -1.30. The molecule has 0 aliphatic carbocycles. The van der Waals surface area contributed by atoms with Crippen LogP contribution in [0.25, 0.3) is 0 Å². The number of rotatable bonds is 5. The first-order valence-corrected chi connectivity index (χ1v) is 7.43. The Kier molecular flexibility index (Phi) is 6.23. The monoisotopic (exact) mass is 347 g/mol. The molecule has 0 aliphatic heterocycles. The Morgan fingerprint density at radius 3 is 2.09 bits per heavy atom. The molecular formula is C15H19Cl2NO4. The Balaban J connectivity index is 2.91. The predicted molar refractivity (Wildman–Crippen MR) is 85.7 cm³/mol. The van der Waals surface area contributed by atoms with Crippen molar-refractivity contribution in [2.45, 2.75) is 45.4 Å². The summed E-state index contributed by atoms with van der Waals surface area (Å²) in [6, 6.07) is 3.12. The maximum atomic E-state index is 12.2. The molecule has 0 heterocycles. The van der Waals surface area contributed by atoms with E-state index in [9.17, 15) is 14.7 Å². The Bertz CT molecular complexity index is 549. The summed E-state index contributed by atoms with van der Waals surface area (Å²) in [5.74, 6) is -1.76. The van der Waals surface area contributed by atoms with Gasteiger partial charge in [0.25, 0.3) is 5.91 Å². The Morgan fingerprint density at radius 1 is 1.18 bits per heavy atom. The number of benzene rings is 1. The van der Waals surface area contributed by atoms with E-state index in [-0.39, 0.29) is 5.56 Å². The molecule has 0 bridgehead atoms. The zero-order valence-corrected chi connectivity index (χ0v) is 14.3. The first kappa shape index (κ1) is 18.7. The van der Waals surface area contributed by atoms with Crippen LogP contribution in [0.5, 0.6) is 0 Å². The fraction of sp³-hybridized carbons (Fsp3) is 0.467. The van der Waals surface area contributed by atoms with Crippen LogP contribution in [0.2, 0.25) is 10.0 Å². The first-order valence-electron chi connectivity index (χ1n) is 6.67. The molecule has 7 heteroatoms. The molecular weight excluding hydrogens is 329 g/mol. The van der Waals surface area contributed by atoms with E-state index in [1.807, 2.05) is 0 Å². The molecule has 22 heavy (non-hydrogen) atoms. The molecule has 0 spiro atoms. The molecule has 1 aromatic carbocycles. The first-order chi connectivity index (χ1) is 9.99. The molecule has 0 saturated heterocycles. The zero-order chi connectivity index (χ0) is 17.1. The van der Waals surface area contributed by atoms with Crippen LogP contribution in [-0.4, -0.2) is 34.7 Å². The standard InChI is InChI=1S/C15H19Cl2NO4/c1-8(22-15(2,3)4)12(14(20)21)18-13(19)9-5-10(16)7-11(17)6-9/h5-8,12H,1-4H3,(H,18,19)(H,20,21). The minimum atomic E-state index is -1.19. The van der Waals surface area contributed by atoms with Crippen molar-refractivity contribution in [1.82, 2.24) is 5.32 Å². The number of amides is 1. The highest BCUT2D eigenvalue weighted by molar-refractivity contribution is 6.35. The van der Waals surface area contributed by atoms with Crippen molar-refractivity contribution in [2.75, 3.05) is 0 Å². The van der Waals surface area contributed by atoms with Gasteiger partial charge < -0.3 is 15.2 Å². The molecule has 2 atom stereocenters. The van der Waals surface area contributed by atoms with Gasteiger partial charge in [-0.2, -0.15) is 0 Å². The molecule has 1 amide bonds. The third kappa shape index (κ3) is 5.83. The van der Waals surface area contributed by atoms with Gasteiger partial charge in [-0.05, 0) is 45.9 Å². The fourth-order valence-electron chi connectivity index (χ4n) is 1.92. The van der Waals surface area contributed by atoms with Gasteiger partial charge in [-0.25, -0.2) is 4.79 Å². The van der Waals surface area contributed by atoms with Gasteiger partial charge in [-0.1, -0.05) is 23.2 Å². The van der Waals surface area contributed by atoms with Gasteiger partial charge in [0.2, 0.25) is 0 Å². The van der Waals surface area contributed by atoms with Crippen LogP contribution in [0.1, 0.15) is 38.1 Å². The smallest absolute Gasteiger partial charge is 0.328 e. The number of ether oxygens (including phenoxy) is 1. The fourth-order valence-corrected chi connectivity index (χ4v) is 2.44. The molecule has 0 aliphatic rings. The van der Waals surface area contributed by atoms with Crippen LogP contribution in [0.15, 0.2) is 18.2 Å². The topological polar surface area (TPSA) is 75.6 Å². The van der Waals surface area contributed by atoms with Crippen LogP contribution >= 0.6 is 23.2 Å². The second kappa shape index (κ2) is 7.31. The summed E-state index contributed by atoms with van der Waals surface area (Å²) < 4.78 is 5.60. The van der Waals surface area contributed by atoms with Crippen molar-refractivity contribution >= 4 is 35.1 Å². The maximum absolute atomic E-state index is 12.2. The van der Waals surface area contributed by atoms with E-state index in [1.54, 1.807) is 27.7 Å². The molecule has 2 unspecified atom stereocenters. The minimum absolute atomic E-state index is 0.187. The number of carboxylic acids is 1. The highest BCUT2D eigenvalue weighted by Crippen LogP contribution is 2.19. The van der Waals surface area contributed by atoms with Crippen LogP contribution in [0.4, 0.5) is 0 Å². The molecule has 5 nitrogen and oxygen atoms in total. The number of hydrogen-bond acceptors (Lipinski definition) is 3. The molecule has 1 rings (SSSR count). The van der Waals surface area contributed by atoms with Crippen LogP contribution in [0.3, 0.4) is 0 Å². The number of carbonyl (C=O) groups is 2. The largest absolute Gasteiger partial charge is 0.480 e. The summed E-state index contributed by atoms with van der Waals surface area (Å²) in [7, 11) is 0. The molecule has 0 saturated carbocycles. The molecule has 0 fully saturated rings. The number of hydrogen-bond donors (Lipinski definition) is 2. The van der Waals surface area contributed by atoms with E-state index in [4.69, 9.17) is 27.9 Å². The van der Waals surface area contributed by atoms with Crippen molar-refractivity contribution in [1.29, 1.82) is 0 Å². The van der Waals surface area contributed by atoms with Gasteiger partial charge in [0.05, 0.1) is 11.7 Å². The van der Waals surface area contributed by atoms with Crippen LogP contribution in [0, 0.1) is 0 Å². The number of nitrogens with one attached hydrogen (secondary N) is 1. The molecule has 122 valence electrons. The lowest BCUT2D eigenvalue weighted by atomic mass is 10.1. The third-order valence-corrected chi connectivity index (χ3v) is 3.12. The van der Waals surface area contributed by atoms with E-state index < -0.39 is 29.6 Å². The molecule has 0 aromatic heterocycles. The summed E-state index contributed by atoms with van der Waals surface area (Å²) >= 11 is 11.7. The highest BCUT2D eigenvalue weighted by Gasteiger charge is 2.30. The van der Waals surface area contributed by atoms with E-state index in [2.05, 4.69) is 5.32 Å². The lowest BCUT2D eigenvalue weighted by molar-refractivity contribution is -0.146. The highest BCUT2D eigenvalue weighted by atomic mass is 35.5. The van der Waals surface area contributed by atoms with Crippen molar-refractivity contribution in [2.24, 2.45) is 0 Å². The molecule has 2 N–H and O–H groups in total. The normalized spacial score (nSPS) is 14.3. The molecule has 0 radical (unpaired) electrons. The predicted octanol–water partition coefficient (Wildman–Crippen LogP) is 3.38. The van der Waals surface area contributed by atoms with E-state index in [0.717, 1.165) is 0 Å².